The minimum Gasteiger partial charge on any atom is -0.467 e. The summed E-state index contributed by atoms with van der Waals surface area (Å²) in [6, 6.07) is 4.71. The summed E-state index contributed by atoms with van der Waals surface area (Å²) < 4.78 is 41.4. The number of thiophene rings is 1. The van der Waals surface area contributed by atoms with Crippen molar-refractivity contribution in [3.05, 3.63) is 39.9 Å². The number of halogens is 3. The SMILES string of the molecule is Cc1sc(NC(=O)c2cccnc2OCC(F)(F)F)c(C#N)c1C. The van der Waals surface area contributed by atoms with E-state index in [9.17, 15) is 18.0 Å². The number of hydrogen-bond donors (Lipinski definition) is 1. The minimum atomic E-state index is -4.54. The second-order valence-corrected chi connectivity index (χ2v) is 6.04. The van der Waals surface area contributed by atoms with Gasteiger partial charge in [-0.05, 0) is 31.5 Å². The zero-order valence-corrected chi connectivity index (χ0v) is 13.5. The first-order valence-electron chi connectivity index (χ1n) is 6.69. The summed E-state index contributed by atoms with van der Waals surface area (Å²) in [5.74, 6) is -1.12. The highest BCUT2D eigenvalue weighted by Gasteiger charge is 2.29. The molecular formula is C15H12F3N3O2S. The van der Waals surface area contributed by atoms with Crippen LogP contribution in [-0.4, -0.2) is 23.7 Å². The van der Waals surface area contributed by atoms with Crippen molar-refractivity contribution >= 4 is 22.2 Å². The first-order chi connectivity index (χ1) is 11.2. The molecule has 0 spiro atoms. The van der Waals surface area contributed by atoms with Crippen LogP contribution in [0.2, 0.25) is 0 Å². The normalized spacial score (nSPS) is 11.0. The average Bonchev–Trinajstić information content (AvgIpc) is 2.78. The van der Waals surface area contributed by atoms with Crippen molar-refractivity contribution in [3.8, 4) is 11.9 Å². The van der Waals surface area contributed by atoms with Crippen molar-refractivity contribution < 1.29 is 22.7 Å². The van der Waals surface area contributed by atoms with Crippen molar-refractivity contribution in [2.45, 2.75) is 20.0 Å². The molecule has 0 atom stereocenters. The number of ether oxygens (including phenoxy) is 1. The van der Waals surface area contributed by atoms with Crippen LogP contribution in [0.4, 0.5) is 18.2 Å². The van der Waals surface area contributed by atoms with Gasteiger partial charge in [0.2, 0.25) is 5.88 Å². The number of nitrogens with zero attached hydrogens (tertiary/aromatic N) is 2. The summed E-state index contributed by atoms with van der Waals surface area (Å²) in [7, 11) is 0. The van der Waals surface area contributed by atoms with Gasteiger partial charge < -0.3 is 10.1 Å². The van der Waals surface area contributed by atoms with Crippen LogP contribution in [0.1, 0.15) is 26.4 Å². The Kier molecular flexibility index (Phi) is 5.09. The Bertz CT molecular complexity index is 809. The molecule has 0 saturated carbocycles. The van der Waals surface area contributed by atoms with E-state index in [1.807, 2.05) is 6.07 Å². The van der Waals surface area contributed by atoms with Crippen LogP contribution in [0.5, 0.6) is 5.88 Å². The van der Waals surface area contributed by atoms with Crippen LogP contribution in [0, 0.1) is 25.2 Å². The van der Waals surface area contributed by atoms with Gasteiger partial charge in [-0.3, -0.25) is 4.79 Å². The number of pyridine rings is 1. The number of rotatable bonds is 4. The van der Waals surface area contributed by atoms with Crippen LogP contribution < -0.4 is 10.1 Å². The molecule has 1 amide bonds. The predicted octanol–water partition coefficient (Wildman–Crippen LogP) is 3.83. The highest BCUT2D eigenvalue weighted by atomic mass is 32.1. The van der Waals surface area contributed by atoms with Crippen molar-refractivity contribution in [2.75, 3.05) is 11.9 Å². The largest absolute Gasteiger partial charge is 0.467 e. The number of aryl methyl sites for hydroxylation is 1. The third-order valence-corrected chi connectivity index (χ3v) is 4.24. The van der Waals surface area contributed by atoms with E-state index >= 15 is 0 Å². The van der Waals surface area contributed by atoms with Crippen LogP contribution in [0.3, 0.4) is 0 Å². The third-order valence-electron chi connectivity index (χ3n) is 3.11. The van der Waals surface area contributed by atoms with Gasteiger partial charge in [-0.2, -0.15) is 18.4 Å². The van der Waals surface area contributed by atoms with Crippen LogP contribution in [0.25, 0.3) is 0 Å². The molecule has 0 aliphatic heterocycles. The number of carbonyl (C=O) groups is 1. The van der Waals surface area contributed by atoms with Crippen LogP contribution in [-0.2, 0) is 0 Å². The van der Waals surface area contributed by atoms with E-state index in [0.29, 0.717) is 10.6 Å². The fourth-order valence-electron chi connectivity index (χ4n) is 1.85. The number of amides is 1. The van der Waals surface area contributed by atoms with E-state index in [1.54, 1.807) is 13.8 Å². The summed E-state index contributed by atoms with van der Waals surface area (Å²) in [6.07, 6.45) is -3.32. The highest BCUT2D eigenvalue weighted by Crippen LogP contribution is 2.32. The molecule has 0 saturated heterocycles. The number of aromatic nitrogens is 1. The Labute approximate surface area is 139 Å². The first kappa shape index (κ1) is 17.7. The van der Waals surface area contributed by atoms with Crippen molar-refractivity contribution in [2.24, 2.45) is 0 Å². The number of carbonyl (C=O) groups excluding carboxylic acids is 1. The molecule has 2 rings (SSSR count). The summed E-state index contributed by atoms with van der Waals surface area (Å²) in [5, 5.41) is 12.0. The van der Waals surface area contributed by atoms with Gasteiger partial charge in [-0.15, -0.1) is 11.3 Å². The molecule has 0 aliphatic rings. The number of hydrogen-bond acceptors (Lipinski definition) is 5. The Morgan fingerprint density at radius 2 is 2.17 bits per heavy atom. The lowest BCUT2D eigenvalue weighted by Crippen LogP contribution is -2.21. The number of nitrogens with one attached hydrogen (secondary N) is 1. The monoisotopic (exact) mass is 355 g/mol. The minimum absolute atomic E-state index is 0.144. The Morgan fingerprint density at radius 3 is 2.79 bits per heavy atom. The van der Waals surface area contributed by atoms with Crippen LogP contribution in [0.15, 0.2) is 18.3 Å². The molecule has 24 heavy (non-hydrogen) atoms. The quantitative estimate of drug-likeness (QED) is 0.905. The molecule has 126 valence electrons. The Balaban J connectivity index is 2.25. The second kappa shape index (κ2) is 6.88. The molecule has 5 nitrogen and oxygen atoms in total. The van der Waals surface area contributed by atoms with Gasteiger partial charge in [0, 0.05) is 11.1 Å². The van der Waals surface area contributed by atoms with Crippen LogP contribution >= 0.6 is 11.3 Å². The van der Waals surface area contributed by atoms with Gasteiger partial charge in [-0.1, -0.05) is 0 Å². The summed E-state index contributed by atoms with van der Waals surface area (Å²) in [4.78, 5) is 16.9. The summed E-state index contributed by atoms with van der Waals surface area (Å²) in [6.45, 7) is 2.01. The molecule has 0 radical (unpaired) electrons. The number of nitriles is 1. The van der Waals surface area contributed by atoms with Crippen molar-refractivity contribution in [3.63, 3.8) is 0 Å². The maximum Gasteiger partial charge on any atom is 0.422 e. The highest BCUT2D eigenvalue weighted by molar-refractivity contribution is 7.16. The second-order valence-electron chi connectivity index (χ2n) is 4.81. The molecular weight excluding hydrogens is 343 g/mol. The van der Waals surface area contributed by atoms with E-state index in [4.69, 9.17) is 5.26 Å². The Hall–Kier alpha value is -2.60. The average molecular weight is 355 g/mol. The molecule has 0 fully saturated rings. The molecule has 0 bridgehead atoms. The molecule has 2 heterocycles. The fraction of sp³-hybridized carbons (Fsp3) is 0.267. The Morgan fingerprint density at radius 1 is 1.46 bits per heavy atom. The predicted molar refractivity (Wildman–Crippen MR) is 82.2 cm³/mol. The standard InChI is InChI=1S/C15H12F3N3O2S/c1-8-9(2)24-14(11(8)6-19)21-12(22)10-4-3-5-20-13(10)23-7-15(16,17)18/h3-5H,7H2,1-2H3,(H,21,22). The van der Waals surface area contributed by atoms with E-state index in [-0.39, 0.29) is 5.56 Å². The third kappa shape index (κ3) is 4.02. The van der Waals surface area contributed by atoms with Gasteiger partial charge in [0.15, 0.2) is 6.61 Å². The summed E-state index contributed by atoms with van der Waals surface area (Å²) in [5.41, 5.74) is 0.930. The van der Waals surface area contributed by atoms with Gasteiger partial charge in [0.1, 0.15) is 16.6 Å². The number of anilines is 1. The van der Waals surface area contributed by atoms with Gasteiger partial charge in [0.05, 0.1) is 5.56 Å². The molecule has 0 aliphatic carbocycles. The molecule has 0 unspecified atom stereocenters. The maximum atomic E-state index is 12.3. The van der Waals surface area contributed by atoms with Crippen molar-refractivity contribution in [1.29, 1.82) is 5.26 Å². The van der Waals surface area contributed by atoms with Crippen molar-refractivity contribution in [1.82, 2.24) is 4.98 Å². The molecule has 2 aromatic rings. The molecule has 9 heteroatoms. The molecule has 0 aromatic carbocycles. The first-order valence-corrected chi connectivity index (χ1v) is 7.50. The molecule has 2 aromatic heterocycles. The topological polar surface area (TPSA) is 75.0 Å². The zero-order valence-electron chi connectivity index (χ0n) is 12.7. The molecule has 1 N–H and O–H groups in total. The zero-order chi connectivity index (χ0) is 17.9. The van der Waals surface area contributed by atoms with Gasteiger partial charge in [-0.25, -0.2) is 4.98 Å². The lowest BCUT2D eigenvalue weighted by Gasteiger charge is -2.11. The van der Waals surface area contributed by atoms with Gasteiger partial charge in [0.25, 0.3) is 5.91 Å². The van der Waals surface area contributed by atoms with E-state index < -0.39 is 24.6 Å². The lowest BCUT2D eigenvalue weighted by molar-refractivity contribution is -0.154. The van der Waals surface area contributed by atoms with E-state index in [0.717, 1.165) is 10.4 Å². The van der Waals surface area contributed by atoms with Gasteiger partial charge >= 0.3 is 6.18 Å². The lowest BCUT2D eigenvalue weighted by atomic mass is 10.2. The van der Waals surface area contributed by atoms with E-state index in [1.165, 1.54) is 29.7 Å². The smallest absolute Gasteiger partial charge is 0.422 e. The summed E-state index contributed by atoms with van der Waals surface area (Å²) >= 11 is 1.22. The maximum absolute atomic E-state index is 12.3. The number of alkyl halides is 3. The fourth-order valence-corrected chi connectivity index (χ4v) is 2.85. The van der Waals surface area contributed by atoms with E-state index in [2.05, 4.69) is 15.0 Å².